The minimum absolute atomic E-state index is 0.0943. The van der Waals surface area contributed by atoms with Gasteiger partial charge in [0.15, 0.2) is 0 Å². The van der Waals surface area contributed by atoms with Crippen LogP contribution in [-0.4, -0.2) is 10.7 Å². The lowest BCUT2D eigenvalue weighted by Gasteiger charge is -2.29. The van der Waals surface area contributed by atoms with Crippen molar-refractivity contribution in [3.63, 3.8) is 0 Å². The second-order valence-electron chi connectivity index (χ2n) is 5.81. The summed E-state index contributed by atoms with van der Waals surface area (Å²) in [4.78, 5) is 0. The summed E-state index contributed by atoms with van der Waals surface area (Å²) < 4.78 is 0. The molecule has 0 aromatic rings. The molecule has 0 aliphatic rings. The van der Waals surface area contributed by atoms with Gasteiger partial charge in [-0.1, -0.05) is 32.6 Å². The van der Waals surface area contributed by atoms with Gasteiger partial charge < -0.3 is 5.11 Å². The van der Waals surface area contributed by atoms with Crippen LogP contribution in [0.25, 0.3) is 0 Å². The van der Waals surface area contributed by atoms with Crippen LogP contribution in [-0.2, 0) is 0 Å². The predicted molar refractivity (Wildman–Crippen MR) is 67.9 cm³/mol. The maximum atomic E-state index is 9.62. The minimum Gasteiger partial charge on any atom is -0.390 e. The first kappa shape index (κ1) is 14.4. The second kappa shape index (κ2) is 4.98. The molecule has 0 heterocycles. The van der Waals surface area contributed by atoms with Crippen molar-refractivity contribution < 1.29 is 5.11 Å². The molecule has 0 saturated heterocycles. The molecule has 88 valence electrons. The number of hydrogen-bond acceptors (Lipinski definition) is 1. The van der Waals surface area contributed by atoms with Gasteiger partial charge in [-0.2, -0.15) is 0 Å². The highest BCUT2D eigenvalue weighted by Crippen LogP contribution is 2.35. The molecule has 1 heteroatoms. The third-order valence-electron chi connectivity index (χ3n) is 2.92. The zero-order valence-corrected chi connectivity index (χ0v) is 11.0. The number of aliphatic hydroxyl groups is 1. The van der Waals surface area contributed by atoms with Gasteiger partial charge in [-0.3, -0.25) is 0 Å². The first-order valence-electron chi connectivity index (χ1n) is 5.64. The van der Waals surface area contributed by atoms with E-state index in [1.165, 1.54) is 0 Å². The van der Waals surface area contributed by atoms with Crippen LogP contribution < -0.4 is 0 Å². The average molecular weight is 210 g/mol. The summed E-state index contributed by atoms with van der Waals surface area (Å²) in [7, 11) is 0. The van der Waals surface area contributed by atoms with Crippen molar-refractivity contribution in [3.8, 4) is 0 Å². The Morgan fingerprint density at radius 1 is 1.07 bits per heavy atom. The van der Waals surface area contributed by atoms with E-state index in [0.717, 1.165) is 30.4 Å². The van der Waals surface area contributed by atoms with Crippen molar-refractivity contribution in [2.75, 3.05) is 0 Å². The Labute approximate surface area is 94.9 Å². The maximum absolute atomic E-state index is 9.62. The van der Waals surface area contributed by atoms with Gasteiger partial charge >= 0.3 is 0 Å². The summed E-state index contributed by atoms with van der Waals surface area (Å²) in [5, 5.41) is 9.62. The molecule has 0 unspecified atom stereocenters. The van der Waals surface area contributed by atoms with Crippen LogP contribution in [0, 0.1) is 5.41 Å². The van der Waals surface area contributed by atoms with E-state index in [1.54, 1.807) is 0 Å². The summed E-state index contributed by atoms with van der Waals surface area (Å²) in [6.07, 6.45) is 2.89. The van der Waals surface area contributed by atoms with Crippen molar-refractivity contribution in [2.24, 2.45) is 5.41 Å². The molecule has 15 heavy (non-hydrogen) atoms. The van der Waals surface area contributed by atoms with Gasteiger partial charge in [0, 0.05) is 0 Å². The fraction of sp³-hybridized carbons (Fsp3) is 0.714. The Balaban J connectivity index is 4.17. The summed E-state index contributed by atoms with van der Waals surface area (Å²) in [5.74, 6) is 0. The fourth-order valence-corrected chi connectivity index (χ4v) is 1.69. The van der Waals surface area contributed by atoms with Crippen molar-refractivity contribution in [1.29, 1.82) is 0 Å². The van der Waals surface area contributed by atoms with Gasteiger partial charge in [-0.25, -0.2) is 0 Å². The molecule has 0 aliphatic carbocycles. The van der Waals surface area contributed by atoms with E-state index >= 15 is 0 Å². The van der Waals surface area contributed by atoms with Crippen LogP contribution in [0.15, 0.2) is 24.3 Å². The van der Waals surface area contributed by atoms with E-state index < -0.39 is 5.60 Å². The predicted octanol–water partition coefficient (Wildman–Crippen LogP) is 4.09. The first-order valence-corrected chi connectivity index (χ1v) is 5.64. The monoisotopic (exact) mass is 210 g/mol. The van der Waals surface area contributed by atoms with Gasteiger partial charge in [0.2, 0.25) is 0 Å². The van der Waals surface area contributed by atoms with E-state index in [2.05, 4.69) is 27.0 Å². The fourth-order valence-electron chi connectivity index (χ4n) is 1.69. The molecule has 0 amide bonds. The molecule has 0 rings (SSSR count). The zero-order chi connectivity index (χ0) is 12.3. The summed E-state index contributed by atoms with van der Waals surface area (Å²) in [6.45, 7) is 18.1. The Bertz CT molecular complexity index is 241. The van der Waals surface area contributed by atoms with Crippen LogP contribution in [0.1, 0.15) is 53.9 Å². The third-order valence-corrected chi connectivity index (χ3v) is 2.92. The standard InChI is InChI=1S/C14H26O/c1-11(2)12(3)13(4,5)9-8-10-14(6,7)15/h15H,1,3,8-10H2,2,4-7H3. The summed E-state index contributed by atoms with van der Waals surface area (Å²) in [5.41, 5.74) is 1.72. The van der Waals surface area contributed by atoms with Crippen LogP contribution in [0.3, 0.4) is 0 Å². The molecule has 0 fully saturated rings. The van der Waals surface area contributed by atoms with E-state index in [1.807, 2.05) is 20.8 Å². The van der Waals surface area contributed by atoms with Gasteiger partial charge in [0.05, 0.1) is 5.60 Å². The molecule has 0 bridgehead atoms. The van der Waals surface area contributed by atoms with Gasteiger partial charge in [0.1, 0.15) is 0 Å². The maximum Gasteiger partial charge on any atom is 0.0591 e. The lowest BCUT2D eigenvalue weighted by Crippen LogP contribution is -2.21. The van der Waals surface area contributed by atoms with Gasteiger partial charge in [-0.05, 0) is 51.0 Å². The van der Waals surface area contributed by atoms with E-state index in [-0.39, 0.29) is 5.41 Å². The largest absolute Gasteiger partial charge is 0.390 e. The third kappa shape index (κ3) is 5.78. The Hall–Kier alpha value is -0.560. The molecular weight excluding hydrogens is 184 g/mol. The molecule has 0 aromatic heterocycles. The molecule has 0 aliphatic heterocycles. The van der Waals surface area contributed by atoms with Crippen LogP contribution in [0.4, 0.5) is 0 Å². The molecule has 0 spiro atoms. The van der Waals surface area contributed by atoms with Crippen molar-refractivity contribution in [3.05, 3.63) is 24.3 Å². The molecule has 0 saturated carbocycles. The summed E-state index contributed by atoms with van der Waals surface area (Å²) >= 11 is 0. The topological polar surface area (TPSA) is 20.2 Å². The van der Waals surface area contributed by atoms with E-state index in [4.69, 9.17) is 0 Å². The van der Waals surface area contributed by atoms with E-state index in [9.17, 15) is 5.11 Å². The molecule has 0 aromatic carbocycles. The van der Waals surface area contributed by atoms with Crippen molar-refractivity contribution >= 4 is 0 Å². The van der Waals surface area contributed by atoms with E-state index in [0.29, 0.717) is 0 Å². The number of rotatable bonds is 6. The Morgan fingerprint density at radius 2 is 1.53 bits per heavy atom. The van der Waals surface area contributed by atoms with Crippen LogP contribution in [0.2, 0.25) is 0 Å². The highest BCUT2D eigenvalue weighted by Gasteiger charge is 2.23. The molecule has 0 radical (unpaired) electrons. The average Bonchev–Trinajstić information content (AvgIpc) is 1.99. The van der Waals surface area contributed by atoms with Crippen molar-refractivity contribution in [1.82, 2.24) is 0 Å². The second-order valence-corrected chi connectivity index (χ2v) is 5.81. The first-order chi connectivity index (χ1) is 6.56. The van der Waals surface area contributed by atoms with Crippen LogP contribution >= 0.6 is 0 Å². The number of allylic oxidation sites excluding steroid dienone is 2. The minimum atomic E-state index is -0.555. The Morgan fingerprint density at radius 3 is 1.87 bits per heavy atom. The van der Waals surface area contributed by atoms with Gasteiger partial charge in [-0.15, -0.1) is 0 Å². The lowest BCUT2D eigenvalue weighted by molar-refractivity contribution is 0.0658. The van der Waals surface area contributed by atoms with Crippen molar-refractivity contribution in [2.45, 2.75) is 59.5 Å². The Kier molecular flexibility index (Phi) is 4.79. The zero-order valence-electron chi connectivity index (χ0n) is 11.0. The quantitative estimate of drug-likeness (QED) is 0.655. The molecule has 1 N–H and O–H groups in total. The number of hydrogen-bond donors (Lipinski definition) is 1. The lowest BCUT2D eigenvalue weighted by atomic mass is 9.77. The normalized spacial score (nSPS) is 12.7. The molecule has 1 nitrogen and oxygen atoms in total. The SMILES string of the molecule is C=C(C)C(=C)C(C)(C)CCCC(C)(C)O. The van der Waals surface area contributed by atoms with Gasteiger partial charge in [0.25, 0.3) is 0 Å². The molecular formula is C14H26O. The highest BCUT2D eigenvalue weighted by atomic mass is 16.3. The highest BCUT2D eigenvalue weighted by molar-refractivity contribution is 5.28. The molecule has 0 atom stereocenters. The van der Waals surface area contributed by atoms with Crippen LogP contribution in [0.5, 0.6) is 0 Å². The summed E-state index contributed by atoms with van der Waals surface area (Å²) in [6, 6.07) is 0. The smallest absolute Gasteiger partial charge is 0.0591 e.